The number of hydrogen-bond acceptors (Lipinski definition) is 3. The van der Waals surface area contributed by atoms with Gasteiger partial charge in [0.05, 0.1) is 11.6 Å². The molecule has 3 nitrogen and oxygen atoms in total. The molecule has 0 spiro atoms. The van der Waals surface area contributed by atoms with Gasteiger partial charge in [-0.2, -0.15) is 5.26 Å². The van der Waals surface area contributed by atoms with E-state index in [1.165, 1.54) is 7.05 Å². The summed E-state index contributed by atoms with van der Waals surface area (Å²) in [6.45, 7) is 0. The van der Waals surface area contributed by atoms with Crippen LogP contribution in [0, 0.1) is 11.3 Å². The van der Waals surface area contributed by atoms with Crippen molar-refractivity contribution in [1.82, 2.24) is 0 Å². The van der Waals surface area contributed by atoms with Crippen LogP contribution in [0.2, 0.25) is 0 Å². The van der Waals surface area contributed by atoms with Crippen molar-refractivity contribution in [2.45, 2.75) is 0 Å². The van der Waals surface area contributed by atoms with Gasteiger partial charge in [0.25, 0.3) is 0 Å². The highest BCUT2D eigenvalue weighted by molar-refractivity contribution is 5.42. The Morgan fingerprint density at radius 3 is 2.00 bits per heavy atom. The molecule has 0 fully saturated rings. The standard InChI is InChI=1S/C7H6N2.CH5N/c8-5-6-1-3-7(9)4-2-6;1-2/h1-4H,9H2;2H2,1H3. The summed E-state index contributed by atoms with van der Waals surface area (Å²) in [5.41, 5.74) is 11.2. The van der Waals surface area contributed by atoms with E-state index < -0.39 is 0 Å². The van der Waals surface area contributed by atoms with Gasteiger partial charge in [-0.1, -0.05) is 0 Å². The molecule has 0 atom stereocenters. The molecule has 0 amide bonds. The largest absolute Gasteiger partial charge is 0.399 e. The Bertz CT molecular complexity index is 233. The van der Waals surface area contributed by atoms with E-state index in [1.807, 2.05) is 6.07 Å². The highest BCUT2D eigenvalue weighted by Gasteiger charge is 1.85. The topological polar surface area (TPSA) is 75.8 Å². The lowest BCUT2D eigenvalue weighted by Crippen LogP contribution is -1.82. The van der Waals surface area contributed by atoms with Crippen LogP contribution in [0.5, 0.6) is 0 Å². The van der Waals surface area contributed by atoms with Crippen LogP contribution in [-0.2, 0) is 0 Å². The first-order valence-electron chi connectivity index (χ1n) is 3.16. The fourth-order valence-corrected chi connectivity index (χ4v) is 0.558. The fourth-order valence-electron chi connectivity index (χ4n) is 0.558. The zero-order valence-electron chi connectivity index (χ0n) is 6.41. The highest BCUT2D eigenvalue weighted by atomic mass is 14.5. The smallest absolute Gasteiger partial charge is 0.0991 e. The third-order valence-corrected chi connectivity index (χ3v) is 1.04. The Balaban J connectivity index is 0.000000461. The Morgan fingerprint density at radius 1 is 1.18 bits per heavy atom. The second-order valence-corrected chi connectivity index (χ2v) is 1.73. The van der Waals surface area contributed by atoms with Gasteiger partial charge in [0.1, 0.15) is 0 Å². The first-order valence-corrected chi connectivity index (χ1v) is 3.16. The molecule has 0 aliphatic carbocycles. The summed E-state index contributed by atoms with van der Waals surface area (Å²) >= 11 is 0. The molecular formula is C8H11N3. The number of hydrogen-bond donors (Lipinski definition) is 2. The summed E-state index contributed by atoms with van der Waals surface area (Å²) in [7, 11) is 1.50. The molecule has 0 saturated heterocycles. The Labute approximate surface area is 66.2 Å². The molecule has 0 heterocycles. The van der Waals surface area contributed by atoms with E-state index in [0.29, 0.717) is 11.3 Å². The second-order valence-electron chi connectivity index (χ2n) is 1.73. The number of benzene rings is 1. The van der Waals surface area contributed by atoms with Gasteiger partial charge >= 0.3 is 0 Å². The van der Waals surface area contributed by atoms with Crippen molar-refractivity contribution in [1.29, 1.82) is 5.26 Å². The molecule has 0 aliphatic heterocycles. The number of rotatable bonds is 0. The van der Waals surface area contributed by atoms with Gasteiger partial charge in [0.15, 0.2) is 0 Å². The maximum Gasteiger partial charge on any atom is 0.0991 e. The Hall–Kier alpha value is -1.53. The molecular weight excluding hydrogens is 138 g/mol. The summed E-state index contributed by atoms with van der Waals surface area (Å²) in [4.78, 5) is 0. The summed E-state index contributed by atoms with van der Waals surface area (Å²) in [5.74, 6) is 0. The van der Waals surface area contributed by atoms with Crippen LogP contribution in [0.3, 0.4) is 0 Å². The molecule has 0 saturated carbocycles. The summed E-state index contributed by atoms with van der Waals surface area (Å²) in [6, 6.07) is 8.79. The average Bonchev–Trinajstić information content (AvgIpc) is 2.10. The fraction of sp³-hybridized carbons (Fsp3) is 0.125. The van der Waals surface area contributed by atoms with Crippen LogP contribution in [-0.4, -0.2) is 7.05 Å². The molecule has 3 heteroatoms. The van der Waals surface area contributed by atoms with E-state index in [-0.39, 0.29) is 0 Å². The van der Waals surface area contributed by atoms with Gasteiger partial charge < -0.3 is 11.5 Å². The van der Waals surface area contributed by atoms with Gasteiger partial charge in [-0.05, 0) is 31.3 Å². The zero-order chi connectivity index (χ0) is 8.69. The average molecular weight is 149 g/mol. The van der Waals surface area contributed by atoms with E-state index in [9.17, 15) is 0 Å². The summed E-state index contributed by atoms with van der Waals surface area (Å²) in [5, 5.41) is 8.34. The highest BCUT2D eigenvalue weighted by Crippen LogP contribution is 2.02. The quantitative estimate of drug-likeness (QED) is 0.533. The SMILES string of the molecule is CN.N#Cc1ccc(N)cc1. The number of nitrogens with two attached hydrogens (primary N) is 2. The van der Waals surface area contributed by atoms with E-state index in [0.717, 1.165) is 0 Å². The first-order chi connectivity index (χ1) is 5.33. The van der Waals surface area contributed by atoms with Gasteiger partial charge in [-0.25, -0.2) is 0 Å². The van der Waals surface area contributed by atoms with Gasteiger partial charge in [0, 0.05) is 5.69 Å². The molecule has 58 valence electrons. The molecule has 4 N–H and O–H groups in total. The number of nitriles is 1. The van der Waals surface area contributed by atoms with Gasteiger partial charge in [-0.15, -0.1) is 0 Å². The van der Waals surface area contributed by atoms with E-state index in [2.05, 4.69) is 5.73 Å². The number of nitrogens with zero attached hydrogens (tertiary/aromatic N) is 1. The number of nitrogen functional groups attached to an aromatic ring is 1. The maximum atomic E-state index is 8.34. The van der Waals surface area contributed by atoms with Crippen molar-refractivity contribution in [2.75, 3.05) is 12.8 Å². The maximum absolute atomic E-state index is 8.34. The molecule has 0 aromatic heterocycles. The lowest BCUT2D eigenvalue weighted by molar-refractivity contribution is 1.48. The molecule has 0 unspecified atom stereocenters. The minimum atomic E-state index is 0.643. The summed E-state index contributed by atoms with van der Waals surface area (Å²) < 4.78 is 0. The number of anilines is 1. The van der Waals surface area contributed by atoms with Gasteiger partial charge in [0.2, 0.25) is 0 Å². The van der Waals surface area contributed by atoms with Crippen LogP contribution in [0.1, 0.15) is 5.56 Å². The normalized spacial score (nSPS) is 7.36. The van der Waals surface area contributed by atoms with Crippen molar-refractivity contribution in [2.24, 2.45) is 5.73 Å². The van der Waals surface area contributed by atoms with Crippen LogP contribution in [0.25, 0.3) is 0 Å². The Morgan fingerprint density at radius 2 is 1.64 bits per heavy atom. The van der Waals surface area contributed by atoms with E-state index in [1.54, 1.807) is 24.3 Å². The minimum absolute atomic E-state index is 0.643. The molecule has 0 aliphatic rings. The minimum Gasteiger partial charge on any atom is -0.399 e. The van der Waals surface area contributed by atoms with E-state index >= 15 is 0 Å². The Kier molecular flexibility index (Phi) is 4.54. The first kappa shape index (κ1) is 9.47. The lowest BCUT2D eigenvalue weighted by Gasteiger charge is -1.88. The van der Waals surface area contributed by atoms with Crippen molar-refractivity contribution in [3.05, 3.63) is 29.8 Å². The zero-order valence-corrected chi connectivity index (χ0v) is 6.41. The van der Waals surface area contributed by atoms with Crippen molar-refractivity contribution < 1.29 is 0 Å². The molecule has 1 rings (SSSR count). The van der Waals surface area contributed by atoms with Crippen molar-refractivity contribution >= 4 is 5.69 Å². The molecule has 11 heavy (non-hydrogen) atoms. The van der Waals surface area contributed by atoms with Crippen LogP contribution < -0.4 is 11.5 Å². The van der Waals surface area contributed by atoms with Crippen molar-refractivity contribution in [3.63, 3.8) is 0 Å². The molecule has 0 bridgehead atoms. The molecule has 1 aromatic carbocycles. The van der Waals surface area contributed by atoms with Gasteiger partial charge in [-0.3, -0.25) is 0 Å². The third kappa shape index (κ3) is 3.23. The predicted octanol–water partition coefficient (Wildman–Crippen LogP) is 0.715. The second kappa shape index (κ2) is 5.27. The molecule has 1 aromatic rings. The molecule has 0 radical (unpaired) electrons. The van der Waals surface area contributed by atoms with Crippen molar-refractivity contribution in [3.8, 4) is 6.07 Å². The third-order valence-electron chi connectivity index (χ3n) is 1.04. The van der Waals surface area contributed by atoms with Crippen LogP contribution in [0.4, 0.5) is 5.69 Å². The lowest BCUT2D eigenvalue weighted by atomic mass is 10.2. The predicted molar refractivity (Wildman–Crippen MR) is 45.7 cm³/mol. The van der Waals surface area contributed by atoms with Crippen LogP contribution >= 0.6 is 0 Å². The monoisotopic (exact) mass is 149 g/mol. The van der Waals surface area contributed by atoms with Crippen LogP contribution in [0.15, 0.2) is 24.3 Å². The summed E-state index contributed by atoms with van der Waals surface area (Å²) in [6.07, 6.45) is 0. The van der Waals surface area contributed by atoms with E-state index in [4.69, 9.17) is 11.0 Å².